The van der Waals surface area contributed by atoms with E-state index >= 15 is 0 Å². The zero-order valence-corrected chi connectivity index (χ0v) is 14.9. The second kappa shape index (κ2) is 8.54. The van der Waals surface area contributed by atoms with Gasteiger partial charge in [0.05, 0.1) is 6.54 Å². The number of hydrogen-bond donors (Lipinski definition) is 3. The predicted molar refractivity (Wildman–Crippen MR) is 109 cm³/mol. The highest BCUT2D eigenvalue weighted by Gasteiger charge is 2.08. The molecule has 0 aliphatic heterocycles. The van der Waals surface area contributed by atoms with Crippen molar-refractivity contribution < 1.29 is 0 Å². The van der Waals surface area contributed by atoms with Crippen LogP contribution in [0.5, 0.6) is 0 Å². The Morgan fingerprint density at radius 2 is 1.07 bits per heavy atom. The lowest BCUT2D eigenvalue weighted by molar-refractivity contribution is 0.922. The van der Waals surface area contributed by atoms with Crippen molar-refractivity contribution in [2.24, 2.45) is 0 Å². The summed E-state index contributed by atoms with van der Waals surface area (Å²) >= 11 is 0. The second-order valence-electron chi connectivity index (χ2n) is 5.81. The third-order valence-electron chi connectivity index (χ3n) is 3.72. The van der Waals surface area contributed by atoms with E-state index in [1.165, 1.54) is 0 Å². The first-order valence-electron chi connectivity index (χ1n) is 8.75. The Bertz CT molecular complexity index is 950. The molecule has 0 aliphatic carbocycles. The number of benzene rings is 2. The van der Waals surface area contributed by atoms with Gasteiger partial charge < -0.3 is 16.0 Å². The smallest absolute Gasteiger partial charge is 0.233 e. The highest BCUT2D eigenvalue weighted by atomic mass is 15.3. The zero-order chi connectivity index (χ0) is 19.0. The Morgan fingerprint density at radius 1 is 0.571 bits per heavy atom. The fourth-order valence-corrected chi connectivity index (χ4v) is 2.45. The van der Waals surface area contributed by atoms with Crippen LogP contribution in [0.15, 0.2) is 79.1 Å². The van der Waals surface area contributed by atoms with E-state index in [0.29, 0.717) is 30.2 Å². The van der Waals surface area contributed by atoms with Crippen molar-refractivity contribution in [2.75, 3.05) is 16.0 Å². The summed E-state index contributed by atoms with van der Waals surface area (Å²) < 4.78 is 0. The minimum Gasteiger partial charge on any atom is -0.347 e. The average Bonchev–Trinajstić information content (AvgIpc) is 2.74. The van der Waals surface area contributed by atoms with Gasteiger partial charge in [-0.3, -0.25) is 0 Å². The number of nitrogens with zero attached hydrogens (tertiary/aromatic N) is 5. The molecule has 8 heteroatoms. The van der Waals surface area contributed by atoms with Crippen LogP contribution in [0.25, 0.3) is 0 Å². The first kappa shape index (κ1) is 17.3. The fraction of sp³-hybridized carbons (Fsp3) is 0.0500. The van der Waals surface area contributed by atoms with Crippen LogP contribution >= 0.6 is 0 Å². The van der Waals surface area contributed by atoms with Gasteiger partial charge in [0.25, 0.3) is 0 Å². The standard InChI is InChI=1S/C20H18N8/c1-3-8-15(9-4-1)24-19-26-18(23-14-17-21-12-7-13-22-17)27-20(28-19)25-16-10-5-2-6-11-16/h1-13H,14H2,(H3,23,24,25,26,27,28). The number of nitrogens with one attached hydrogen (secondary N) is 3. The van der Waals surface area contributed by atoms with Gasteiger partial charge in [0, 0.05) is 23.8 Å². The molecule has 0 atom stereocenters. The van der Waals surface area contributed by atoms with E-state index in [2.05, 4.69) is 40.9 Å². The molecule has 8 nitrogen and oxygen atoms in total. The molecule has 0 fully saturated rings. The molecule has 2 aromatic carbocycles. The van der Waals surface area contributed by atoms with Gasteiger partial charge in [0.1, 0.15) is 5.82 Å². The Hall–Kier alpha value is -4.07. The third-order valence-corrected chi connectivity index (χ3v) is 3.72. The maximum Gasteiger partial charge on any atom is 0.233 e. The molecule has 0 unspecified atom stereocenters. The Balaban J connectivity index is 1.58. The molecule has 0 aliphatic rings. The number of hydrogen-bond acceptors (Lipinski definition) is 8. The van der Waals surface area contributed by atoms with Crippen LogP contribution in [0.3, 0.4) is 0 Å². The molecular weight excluding hydrogens is 352 g/mol. The maximum absolute atomic E-state index is 4.46. The Morgan fingerprint density at radius 3 is 1.61 bits per heavy atom. The molecule has 0 radical (unpaired) electrons. The summed E-state index contributed by atoms with van der Waals surface area (Å²) in [5.74, 6) is 1.92. The molecule has 3 N–H and O–H groups in total. The number of para-hydroxylation sites is 2. The third kappa shape index (κ3) is 4.76. The van der Waals surface area contributed by atoms with Gasteiger partial charge >= 0.3 is 0 Å². The van der Waals surface area contributed by atoms with Crippen LogP contribution in [0.4, 0.5) is 29.2 Å². The Kier molecular flexibility index (Phi) is 5.29. The van der Waals surface area contributed by atoms with Crippen molar-refractivity contribution >= 4 is 29.2 Å². The molecule has 4 aromatic rings. The lowest BCUT2D eigenvalue weighted by Gasteiger charge is -2.11. The van der Waals surface area contributed by atoms with Crippen LogP contribution in [-0.4, -0.2) is 24.9 Å². The minimum atomic E-state index is 0.403. The van der Waals surface area contributed by atoms with Crippen molar-refractivity contribution in [1.29, 1.82) is 0 Å². The first-order valence-corrected chi connectivity index (χ1v) is 8.75. The van der Waals surface area contributed by atoms with Crippen molar-refractivity contribution in [3.63, 3.8) is 0 Å². The molecule has 0 saturated heterocycles. The van der Waals surface area contributed by atoms with Gasteiger partial charge in [0.2, 0.25) is 17.8 Å². The van der Waals surface area contributed by atoms with Crippen LogP contribution in [0, 0.1) is 0 Å². The minimum absolute atomic E-state index is 0.403. The number of rotatable bonds is 7. The zero-order valence-electron chi connectivity index (χ0n) is 14.9. The lowest BCUT2D eigenvalue weighted by atomic mass is 10.3. The lowest BCUT2D eigenvalue weighted by Crippen LogP contribution is -2.10. The average molecular weight is 370 g/mol. The molecular formula is C20H18N8. The van der Waals surface area contributed by atoms with Gasteiger partial charge in [-0.1, -0.05) is 36.4 Å². The fourth-order valence-electron chi connectivity index (χ4n) is 2.45. The molecule has 2 aromatic heterocycles. The first-order chi connectivity index (χ1) is 13.8. The summed E-state index contributed by atoms with van der Waals surface area (Å²) in [6.07, 6.45) is 3.39. The van der Waals surface area contributed by atoms with E-state index in [1.54, 1.807) is 18.5 Å². The van der Waals surface area contributed by atoms with Crippen molar-refractivity contribution in [3.8, 4) is 0 Å². The molecule has 4 rings (SSSR count). The van der Waals surface area contributed by atoms with Gasteiger partial charge in [-0.2, -0.15) is 15.0 Å². The molecule has 0 amide bonds. The van der Waals surface area contributed by atoms with Gasteiger partial charge in [-0.05, 0) is 30.3 Å². The molecule has 0 bridgehead atoms. The molecule has 138 valence electrons. The van der Waals surface area contributed by atoms with E-state index in [1.807, 2.05) is 60.7 Å². The SMILES string of the molecule is c1ccc(Nc2nc(NCc3ncccn3)nc(Nc3ccccc3)n2)cc1. The highest BCUT2D eigenvalue weighted by Crippen LogP contribution is 2.18. The summed E-state index contributed by atoms with van der Waals surface area (Å²) in [5.41, 5.74) is 1.77. The summed E-state index contributed by atoms with van der Waals surface area (Å²) in [4.78, 5) is 21.8. The van der Waals surface area contributed by atoms with E-state index in [0.717, 1.165) is 11.4 Å². The number of anilines is 5. The van der Waals surface area contributed by atoms with Crippen LogP contribution in [0.1, 0.15) is 5.82 Å². The summed E-state index contributed by atoms with van der Waals surface area (Å²) in [6.45, 7) is 0.403. The number of aromatic nitrogens is 5. The van der Waals surface area contributed by atoms with E-state index in [4.69, 9.17) is 0 Å². The van der Waals surface area contributed by atoms with Crippen LogP contribution < -0.4 is 16.0 Å². The van der Waals surface area contributed by atoms with Crippen LogP contribution in [-0.2, 0) is 6.54 Å². The van der Waals surface area contributed by atoms with Crippen molar-refractivity contribution in [1.82, 2.24) is 24.9 Å². The predicted octanol–water partition coefficient (Wildman–Crippen LogP) is 3.76. The molecule has 2 heterocycles. The Labute approximate surface area is 162 Å². The quantitative estimate of drug-likeness (QED) is 0.452. The summed E-state index contributed by atoms with van der Waals surface area (Å²) in [6, 6.07) is 21.2. The second-order valence-corrected chi connectivity index (χ2v) is 5.81. The molecule has 28 heavy (non-hydrogen) atoms. The van der Waals surface area contributed by atoms with Crippen molar-refractivity contribution in [3.05, 3.63) is 84.9 Å². The van der Waals surface area contributed by atoms with Crippen LogP contribution in [0.2, 0.25) is 0 Å². The van der Waals surface area contributed by atoms with E-state index in [9.17, 15) is 0 Å². The van der Waals surface area contributed by atoms with E-state index in [-0.39, 0.29) is 0 Å². The van der Waals surface area contributed by atoms with Crippen molar-refractivity contribution in [2.45, 2.75) is 6.54 Å². The highest BCUT2D eigenvalue weighted by molar-refractivity contribution is 5.58. The van der Waals surface area contributed by atoms with E-state index < -0.39 is 0 Å². The monoisotopic (exact) mass is 370 g/mol. The summed E-state index contributed by atoms with van der Waals surface area (Å²) in [7, 11) is 0. The molecule has 0 spiro atoms. The van der Waals surface area contributed by atoms with Gasteiger partial charge in [0.15, 0.2) is 0 Å². The largest absolute Gasteiger partial charge is 0.347 e. The van der Waals surface area contributed by atoms with Gasteiger partial charge in [-0.15, -0.1) is 0 Å². The van der Waals surface area contributed by atoms with Gasteiger partial charge in [-0.25, -0.2) is 9.97 Å². The summed E-state index contributed by atoms with van der Waals surface area (Å²) in [5, 5.41) is 9.54. The molecule has 0 saturated carbocycles. The topological polar surface area (TPSA) is 101 Å². The normalized spacial score (nSPS) is 10.3. The maximum atomic E-state index is 4.46.